The first kappa shape index (κ1) is 13.2. The highest BCUT2D eigenvalue weighted by Gasteiger charge is 2.11. The van der Waals surface area contributed by atoms with Gasteiger partial charge in [-0.25, -0.2) is 4.39 Å². The maximum Gasteiger partial charge on any atom is 0.170 e. The van der Waals surface area contributed by atoms with Crippen molar-refractivity contribution in [3.63, 3.8) is 0 Å². The Kier molecular flexibility index (Phi) is 3.47. The number of nitrogens with one attached hydrogen (secondary N) is 1. The van der Waals surface area contributed by atoms with Gasteiger partial charge in [-0.15, -0.1) is 0 Å². The first-order chi connectivity index (χ1) is 9.69. The van der Waals surface area contributed by atoms with Crippen molar-refractivity contribution in [2.75, 3.05) is 7.05 Å². The van der Waals surface area contributed by atoms with Gasteiger partial charge in [-0.2, -0.15) is 0 Å². The van der Waals surface area contributed by atoms with Gasteiger partial charge < -0.3 is 9.73 Å². The van der Waals surface area contributed by atoms with Crippen LogP contribution in [0.3, 0.4) is 0 Å². The molecule has 2 aromatic carbocycles. The average molecular weight is 290 g/mol. The third-order valence-electron chi connectivity index (χ3n) is 3.20. The van der Waals surface area contributed by atoms with E-state index in [4.69, 9.17) is 16.0 Å². The Morgan fingerprint density at radius 1 is 1.20 bits per heavy atom. The zero-order chi connectivity index (χ0) is 14.1. The van der Waals surface area contributed by atoms with Crippen LogP contribution in [0.15, 0.2) is 46.9 Å². The van der Waals surface area contributed by atoms with Crippen molar-refractivity contribution in [2.24, 2.45) is 0 Å². The van der Waals surface area contributed by atoms with Gasteiger partial charge in [-0.1, -0.05) is 35.9 Å². The third kappa shape index (κ3) is 2.30. The number of fused-ring (bicyclic) bond motifs is 1. The molecular formula is C16H13ClFNO. The van der Waals surface area contributed by atoms with Crippen molar-refractivity contribution in [3.05, 3.63) is 58.9 Å². The number of hydrogen-bond donors (Lipinski definition) is 1. The molecule has 0 spiro atoms. The van der Waals surface area contributed by atoms with Gasteiger partial charge in [0, 0.05) is 22.5 Å². The maximum atomic E-state index is 13.6. The van der Waals surface area contributed by atoms with E-state index in [1.54, 1.807) is 6.07 Å². The smallest absolute Gasteiger partial charge is 0.170 e. The van der Waals surface area contributed by atoms with E-state index in [1.807, 2.05) is 37.4 Å². The number of halogens is 2. The number of para-hydroxylation sites is 1. The van der Waals surface area contributed by atoms with Crippen molar-refractivity contribution in [1.82, 2.24) is 5.32 Å². The fourth-order valence-corrected chi connectivity index (χ4v) is 2.45. The fraction of sp³-hybridized carbons (Fsp3) is 0.125. The standard InChI is InChI=1S/C16H13ClFNO/c1-19-9-12-6-5-10(7-13(12)17)15-8-11-3-2-4-14(18)16(11)20-15/h2-8,19H,9H2,1H3. The van der Waals surface area contributed by atoms with E-state index in [1.165, 1.54) is 6.07 Å². The van der Waals surface area contributed by atoms with Crippen molar-refractivity contribution in [2.45, 2.75) is 6.54 Å². The fourth-order valence-electron chi connectivity index (χ4n) is 2.20. The van der Waals surface area contributed by atoms with Crippen LogP contribution in [0, 0.1) is 5.82 Å². The molecule has 102 valence electrons. The Morgan fingerprint density at radius 3 is 2.75 bits per heavy atom. The van der Waals surface area contributed by atoms with Crippen LogP contribution in [0.2, 0.25) is 5.02 Å². The first-order valence-electron chi connectivity index (χ1n) is 6.30. The van der Waals surface area contributed by atoms with Crippen LogP contribution in [-0.4, -0.2) is 7.05 Å². The van der Waals surface area contributed by atoms with Crippen molar-refractivity contribution >= 4 is 22.6 Å². The second-order valence-corrected chi connectivity index (χ2v) is 5.01. The first-order valence-corrected chi connectivity index (χ1v) is 6.68. The van der Waals surface area contributed by atoms with E-state index in [2.05, 4.69) is 5.32 Å². The van der Waals surface area contributed by atoms with Crippen LogP contribution in [0.25, 0.3) is 22.3 Å². The molecule has 0 radical (unpaired) electrons. The van der Waals surface area contributed by atoms with Crippen molar-refractivity contribution in [1.29, 1.82) is 0 Å². The predicted molar refractivity (Wildman–Crippen MR) is 79.4 cm³/mol. The SMILES string of the molecule is CNCc1ccc(-c2cc3cccc(F)c3o2)cc1Cl. The van der Waals surface area contributed by atoms with E-state index >= 15 is 0 Å². The maximum absolute atomic E-state index is 13.6. The van der Waals surface area contributed by atoms with Gasteiger partial charge in [0.05, 0.1) is 0 Å². The minimum absolute atomic E-state index is 0.276. The highest BCUT2D eigenvalue weighted by atomic mass is 35.5. The molecule has 0 unspecified atom stereocenters. The average Bonchev–Trinajstić information content (AvgIpc) is 2.87. The molecule has 0 aliphatic heterocycles. The lowest BCUT2D eigenvalue weighted by atomic mass is 10.1. The van der Waals surface area contributed by atoms with Gasteiger partial charge in [-0.05, 0) is 30.8 Å². The zero-order valence-corrected chi connectivity index (χ0v) is 11.7. The van der Waals surface area contributed by atoms with Crippen molar-refractivity contribution < 1.29 is 8.81 Å². The highest BCUT2D eigenvalue weighted by molar-refractivity contribution is 6.31. The van der Waals surface area contributed by atoms with E-state index in [-0.39, 0.29) is 11.4 Å². The van der Waals surface area contributed by atoms with Gasteiger partial charge in [0.25, 0.3) is 0 Å². The Labute approximate surface area is 121 Å². The predicted octanol–water partition coefficient (Wildman–Crippen LogP) is 4.61. The minimum Gasteiger partial charge on any atom is -0.453 e. The summed E-state index contributed by atoms with van der Waals surface area (Å²) >= 11 is 6.23. The molecule has 3 rings (SSSR count). The molecule has 0 saturated heterocycles. The summed E-state index contributed by atoms with van der Waals surface area (Å²) in [6.45, 7) is 0.702. The van der Waals surface area contributed by atoms with E-state index in [0.29, 0.717) is 17.3 Å². The zero-order valence-electron chi connectivity index (χ0n) is 10.9. The molecular weight excluding hydrogens is 277 g/mol. The summed E-state index contributed by atoms with van der Waals surface area (Å²) in [4.78, 5) is 0. The minimum atomic E-state index is -0.355. The third-order valence-corrected chi connectivity index (χ3v) is 3.55. The molecule has 0 aliphatic rings. The summed E-state index contributed by atoms with van der Waals surface area (Å²) < 4.78 is 19.2. The monoisotopic (exact) mass is 289 g/mol. The second-order valence-electron chi connectivity index (χ2n) is 4.61. The lowest BCUT2D eigenvalue weighted by molar-refractivity contribution is 0.569. The molecule has 1 N–H and O–H groups in total. The van der Waals surface area contributed by atoms with Gasteiger partial charge in [0.15, 0.2) is 11.4 Å². The number of benzene rings is 2. The summed E-state index contributed by atoms with van der Waals surface area (Å²) in [5.74, 6) is 0.259. The summed E-state index contributed by atoms with van der Waals surface area (Å²) in [5.41, 5.74) is 2.13. The van der Waals surface area contributed by atoms with Crippen LogP contribution < -0.4 is 5.32 Å². The van der Waals surface area contributed by atoms with Crippen LogP contribution in [0.1, 0.15) is 5.56 Å². The van der Waals surface area contributed by atoms with Gasteiger partial charge >= 0.3 is 0 Å². The molecule has 0 fully saturated rings. The van der Waals surface area contributed by atoms with E-state index < -0.39 is 0 Å². The number of furan rings is 1. The summed E-state index contributed by atoms with van der Waals surface area (Å²) in [6.07, 6.45) is 0. The highest BCUT2D eigenvalue weighted by Crippen LogP contribution is 2.31. The summed E-state index contributed by atoms with van der Waals surface area (Å²) in [5, 5.41) is 4.47. The van der Waals surface area contributed by atoms with Crippen LogP contribution >= 0.6 is 11.6 Å². The van der Waals surface area contributed by atoms with Gasteiger partial charge in [-0.3, -0.25) is 0 Å². The Balaban J connectivity index is 2.06. The molecule has 3 aromatic rings. The van der Waals surface area contributed by atoms with Crippen LogP contribution in [0.4, 0.5) is 4.39 Å². The molecule has 1 heterocycles. The molecule has 4 heteroatoms. The molecule has 0 aliphatic carbocycles. The molecule has 0 saturated carbocycles. The van der Waals surface area contributed by atoms with Crippen molar-refractivity contribution in [3.8, 4) is 11.3 Å². The van der Waals surface area contributed by atoms with Gasteiger partial charge in [0.1, 0.15) is 5.76 Å². The van der Waals surface area contributed by atoms with E-state index in [9.17, 15) is 4.39 Å². The quantitative estimate of drug-likeness (QED) is 0.761. The topological polar surface area (TPSA) is 25.2 Å². The molecule has 20 heavy (non-hydrogen) atoms. The lowest BCUT2D eigenvalue weighted by Gasteiger charge is -2.05. The molecule has 0 atom stereocenters. The molecule has 0 bridgehead atoms. The Hall–Kier alpha value is -1.84. The molecule has 0 amide bonds. The Morgan fingerprint density at radius 2 is 2.05 bits per heavy atom. The lowest BCUT2D eigenvalue weighted by Crippen LogP contribution is -2.05. The molecule has 1 aromatic heterocycles. The van der Waals surface area contributed by atoms with Crippen LogP contribution in [0.5, 0.6) is 0 Å². The normalized spacial score (nSPS) is 11.2. The largest absolute Gasteiger partial charge is 0.453 e. The number of hydrogen-bond acceptors (Lipinski definition) is 2. The molecule has 2 nitrogen and oxygen atoms in total. The Bertz CT molecular complexity index is 766. The van der Waals surface area contributed by atoms with E-state index in [0.717, 1.165) is 16.5 Å². The van der Waals surface area contributed by atoms with Crippen LogP contribution in [-0.2, 0) is 6.54 Å². The van der Waals surface area contributed by atoms with Gasteiger partial charge in [0.2, 0.25) is 0 Å². The second kappa shape index (κ2) is 5.27. The summed E-state index contributed by atoms with van der Waals surface area (Å²) in [6, 6.07) is 12.4. The summed E-state index contributed by atoms with van der Waals surface area (Å²) in [7, 11) is 1.87. The number of rotatable bonds is 3.